The summed E-state index contributed by atoms with van der Waals surface area (Å²) in [6.45, 7) is 20.9. The van der Waals surface area contributed by atoms with Crippen LogP contribution >= 0.6 is 0 Å². The number of hydrogen-bond acceptors (Lipinski definition) is 13. The zero-order chi connectivity index (χ0) is 40.5. The number of rotatable bonds is 10. The fourth-order valence-electron chi connectivity index (χ4n) is 12.8. The molecular weight excluding hydrogens is 937 g/mol. The van der Waals surface area contributed by atoms with Crippen molar-refractivity contribution in [3.63, 3.8) is 0 Å². The van der Waals surface area contributed by atoms with E-state index in [1.165, 1.54) is 25.7 Å². The Bertz CT molecular complexity index is 1410. The van der Waals surface area contributed by atoms with Crippen LogP contribution in [-0.2, 0) is 65.6 Å². The van der Waals surface area contributed by atoms with Crippen LogP contribution < -0.4 is 0 Å². The first-order valence-electron chi connectivity index (χ1n) is 22.8. The van der Waals surface area contributed by atoms with Crippen molar-refractivity contribution in [1.29, 1.82) is 0 Å². The predicted octanol–water partition coefficient (Wildman–Crippen LogP) is 7.33. The van der Waals surface area contributed by atoms with Crippen LogP contribution in [0.3, 0.4) is 0 Å². The van der Waals surface area contributed by atoms with E-state index >= 15 is 0 Å². The molecule has 2 unspecified atom stereocenters. The molecule has 59 heavy (non-hydrogen) atoms. The molecule has 0 amide bonds. The van der Waals surface area contributed by atoms with E-state index in [4.69, 9.17) is 43.2 Å². The smallest absolute Gasteiger partial charge is 0.511 e. The first kappa shape index (κ1) is 44.7. The summed E-state index contributed by atoms with van der Waals surface area (Å²) in [4.78, 5) is 32.9. The second-order valence-corrected chi connectivity index (χ2v) is 20.2. The Hall–Kier alpha value is -0.940. The maximum atomic E-state index is 6.68. The van der Waals surface area contributed by atoms with Gasteiger partial charge in [0.1, 0.15) is 11.2 Å². The number of ether oxygens (including phenoxy) is 5. The van der Waals surface area contributed by atoms with Gasteiger partial charge in [0.25, 0.3) is 0 Å². The Morgan fingerprint density at radius 2 is 1.17 bits per heavy atom. The minimum Gasteiger partial charge on any atom is -0.511 e. The predicted molar refractivity (Wildman–Crippen MR) is 214 cm³/mol. The van der Waals surface area contributed by atoms with Gasteiger partial charge in [0.15, 0.2) is 24.5 Å². The molecule has 0 aromatic heterocycles. The molecule has 10 fully saturated rings. The van der Waals surface area contributed by atoms with Crippen molar-refractivity contribution < 1.29 is 65.6 Å². The minimum absolute atomic E-state index is 0. The van der Waals surface area contributed by atoms with Gasteiger partial charge in [-0.2, -0.15) is 13.3 Å². The SMILES string of the molecule is C[C@H]1[C@@H](OCCCN2C=CN(C)[CH-]2)O[C@@H]2CC3(C)CC[C@H]4[C@H](C)CC[C@@H]1[C@@]24OO3.C[C@H]1[C@@H](OCCCN2C=CN(C)[CH-]2)O[C@@H]2OC3(C)CC[C@H]4[C@H](C)CC[C@@H]1[C@@]24OO3.[Au+3]. The third-order valence-electron chi connectivity index (χ3n) is 16.1. The van der Waals surface area contributed by atoms with E-state index in [0.29, 0.717) is 48.0 Å². The third kappa shape index (κ3) is 8.22. The second kappa shape index (κ2) is 17.6. The summed E-state index contributed by atoms with van der Waals surface area (Å²) in [6.07, 6.45) is 19.3. The van der Waals surface area contributed by atoms with Crippen LogP contribution in [0.25, 0.3) is 0 Å². The molecule has 0 aromatic carbocycles. The summed E-state index contributed by atoms with van der Waals surface area (Å²) in [5.41, 5.74) is -1.02. The van der Waals surface area contributed by atoms with Crippen molar-refractivity contribution in [3.05, 3.63) is 38.1 Å². The largest absolute Gasteiger partial charge is 3.00 e. The first-order valence-corrected chi connectivity index (χ1v) is 22.8. The average molecular weight is 1010 g/mol. The Kier molecular flexibility index (Phi) is 13.3. The van der Waals surface area contributed by atoms with Gasteiger partial charge in [-0.15, -0.1) is 0 Å². The number of hydrogen-bond donors (Lipinski definition) is 0. The topological polar surface area (TPSA) is 96.0 Å². The van der Waals surface area contributed by atoms with Gasteiger partial charge in [0, 0.05) is 36.5 Å². The van der Waals surface area contributed by atoms with Crippen LogP contribution in [0.5, 0.6) is 0 Å². The van der Waals surface area contributed by atoms with Gasteiger partial charge in [-0.1, -0.05) is 27.7 Å². The zero-order valence-corrected chi connectivity index (χ0v) is 38.9. The van der Waals surface area contributed by atoms with E-state index in [0.717, 1.165) is 64.6 Å². The molecule has 12 rings (SSSR count). The Morgan fingerprint density at radius 1 is 0.627 bits per heavy atom. The van der Waals surface area contributed by atoms with Gasteiger partial charge < -0.3 is 43.3 Å². The molecular formula is C45H72AuN4O9+. The van der Waals surface area contributed by atoms with Crippen molar-refractivity contribution in [1.82, 2.24) is 19.6 Å². The van der Waals surface area contributed by atoms with Gasteiger partial charge in [-0.3, -0.25) is 0 Å². The Balaban J connectivity index is 0.000000161. The molecule has 3 aliphatic carbocycles. The van der Waals surface area contributed by atoms with Crippen molar-refractivity contribution in [2.24, 2.45) is 47.3 Å². The van der Waals surface area contributed by atoms with Crippen molar-refractivity contribution in [3.8, 4) is 0 Å². The standard InChI is InChI=1S/C23H37N2O4.C22H35N2O5.Au/c1-16-6-7-19-17(2)21(26-13-5-10-25-12-11-24(4)15-25)27-20-14-22(3)9-8-18(16)23(19,20)29-28-22;1-15-6-7-18-16(2)19(25-13-5-10-24-12-11-23(4)14-24)26-20-22(18)17(15)8-9-21(3,27-20)28-29-22;/h11-12,15-21H,5-10,13-14H2,1-4H3;11-12,14-20H,5-10,13H2,1-4H3;/q2*-1;+3/t16-,17-,18+,19+,20-,21+,22?,23-;15-,16-,17+,18+,19+,20-,21?,22-;/m11./s1. The van der Waals surface area contributed by atoms with Gasteiger partial charge in [0.2, 0.25) is 5.79 Å². The minimum atomic E-state index is -0.730. The third-order valence-corrected chi connectivity index (χ3v) is 16.1. The van der Waals surface area contributed by atoms with Crippen molar-refractivity contribution in [2.75, 3.05) is 40.4 Å². The maximum absolute atomic E-state index is 6.68. The second-order valence-electron chi connectivity index (χ2n) is 20.2. The van der Waals surface area contributed by atoms with Crippen LogP contribution in [0, 0.1) is 60.7 Å². The fourth-order valence-corrected chi connectivity index (χ4v) is 12.8. The molecule has 7 saturated heterocycles. The van der Waals surface area contributed by atoms with E-state index in [9.17, 15) is 0 Å². The summed E-state index contributed by atoms with van der Waals surface area (Å²) >= 11 is 0. The van der Waals surface area contributed by atoms with Gasteiger partial charge >= 0.3 is 22.4 Å². The molecule has 3 saturated carbocycles. The van der Waals surface area contributed by atoms with E-state index in [-0.39, 0.29) is 58.2 Å². The van der Waals surface area contributed by atoms with E-state index in [1.54, 1.807) is 0 Å². The molecule has 2 spiro atoms. The van der Waals surface area contributed by atoms with Gasteiger partial charge in [-0.05, 0) is 147 Å². The average Bonchev–Trinajstić information content (AvgIpc) is 3.65. The van der Waals surface area contributed by atoms with Crippen LogP contribution in [0.4, 0.5) is 0 Å². The van der Waals surface area contributed by atoms with E-state index < -0.39 is 17.7 Å². The quantitative estimate of drug-likeness (QED) is 0.0948. The summed E-state index contributed by atoms with van der Waals surface area (Å²) in [5.74, 6) is 2.75. The van der Waals surface area contributed by atoms with Crippen LogP contribution in [0.15, 0.2) is 24.8 Å². The molecule has 4 bridgehead atoms. The van der Waals surface area contributed by atoms with Gasteiger partial charge in [0.05, 0.1) is 19.3 Å². The zero-order valence-electron chi connectivity index (χ0n) is 36.8. The fraction of sp³-hybridized carbons (Fsp3) is 0.867. The van der Waals surface area contributed by atoms with Crippen molar-refractivity contribution in [2.45, 2.75) is 160 Å². The monoisotopic (exact) mass is 1010 g/mol. The molecule has 12 aliphatic rings. The first-order chi connectivity index (χ1) is 27.8. The van der Waals surface area contributed by atoms with Crippen LogP contribution in [-0.4, -0.2) is 108 Å². The molecule has 9 heterocycles. The molecule has 9 aliphatic heterocycles. The molecule has 336 valence electrons. The summed E-state index contributed by atoms with van der Waals surface area (Å²) in [7, 11) is 4.08. The van der Waals surface area contributed by atoms with E-state index in [2.05, 4.69) is 81.3 Å². The Morgan fingerprint density at radius 3 is 1.76 bits per heavy atom. The molecule has 14 heteroatoms. The molecule has 0 aromatic rings. The van der Waals surface area contributed by atoms with E-state index in [1.807, 2.05) is 32.1 Å². The van der Waals surface area contributed by atoms with Crippen molar-refractivity contribution >= 4 is 0 Å². The normalized spacial score (nSPS) is 47.9. The number of fused-ring (bicyclic) bond motifs is 4. The van der Waals surface area contributed by atoms with Crippen LogP contribution in [0.1, 0.15) is 112 Å². The molecule has 0 radical (unpaired) electrons. The van der Waals surface area contributed by atoms with Crippen LogP contribution in [0.2, 0.25) is 0 Å². The molecule has 16 atom stereocenters. The Labute approximate surface area is 369 Å². The maximum Gasteiger partial charge on any atom is 3.00 e. The summed E-state index contributed by atoms with van der Waals surface area (Å²) < 4.78 is 32.1. The number of nitrogens with zero attached hydrogens (tertiary/aromatic N) is 4. The summed E-state index contributed by atoms with van der Waals surface area (Å²) in [6, 6.07) is 0. The molecule has 13 nitrogen and oxygen atoms in total. The molecule has 0 N–H and O–H groups in total. The van der Waals surface area contributed by atoms with Gasteiger partial charge in [-0.25, -0.2) is 19.6 Å². The summed E-state index contributed by atoms with van der Waals surface area (Å²) in [5, 5.41) is 0.